The van der Waals surface area contributed by atoms with Crippen LogP contribution in [0.25, 0.3) is 0 Å². The van der Waals surface area contributed by atoms with Crippen molar-refractivity contribution in [1.29, 1.82) is 0 Å². The molecule has 0 atom stereocenters. The zero-order valence-electron chi connectivity index (χ0n) is 9.94. The molecule has 1 amide bonds. The first-order chi connectivity index (χ1) is 6.39. The largest absolute Gasteiger partial charge is 0.378 e. The maximum atomic E-state index is 11.4. The molecule has 0 aromatic heterocycles. The van der Waals surface area contributed by atoms with Gasteiger partial charge in [-0.3, -0.25) is 4.79 Å². The highest BCUT2D eigenvalue weighted by atomic mass is 28.3. The van der Waals surface area contributed by atoms with Gasteiger partial charge in [0.2, 0.25) is 5.91 Å². The van der Waals surface area contributed by atoms with Crippen LogP contribution in [0.1, 0.15) is 33.1 Å². The predicted molar refractivity (Wildman–Crippen MR) is 64.8 cm³/mol. The Labute approximate surface area is 88.9 Å². The van der Waals surface area contributed by atoms with E-state index in [-0.39, 0.29) is 5.91 Å². The monoisotopic (exact) mass is 213 g/mol. The van der Waals surface area contributed by atoms with Gasteiger partial charge in [0.1, 0.15) is 0 Å². The molecule has 1 N–H and O–H groups in total. The molecule has 0 aliphatic carbocycles. The SMILES string of the molecule is C=C(C)C(=O)N[Si](C)(C)CCCCC. The molecule has 0 aliphatic rings. The second-order valence-electron chi connectivity index (χ2n) is 4.58. The number of carbonyl (C=O) groups excluding carboxylic acids is 1. The van der Waals surface area contributed by atoms with Gasteiger partial charge in [-0.05, 0) is 13.0 Å². The van der Waals surface area contributed by atoms with Crippen LogP contribution in [0.3, 0.4) is 0 Å². The Bertz CT molecular complexity index is 211. The minimum atomic E-state index is -1.53. The Morgan fingerprint density at radius 1 is 1.36 bits per heavy atom. The molecule has 0 saturated heterocycles. The van der Waals surface area contributed by atoms with Gasteiger partial charge in [-0.1, -0.05) is 45.9 Å². The second kappa shape index (κ2) is 6.01. The third-order valence-electron chi connectivity index (χ3n) is 2.24. The second-order valence-corrected chi connectivity index (χ2v) is 9.09. The molecule has 2 nitrogen and oxygen atoms in total. The lowest BCUT2D eigenvalue weighted by Gasteiger charge is -2.23. The molecule has 0 spiro atoms. The maximum Gasteiger partial charge on any atom is 0.238 e. The highest BCUT2D eigenvalue weighted by molar-refractivity contribution is 6.77. The fraction of sp³-hybridized carbons (Fsp3) is 0.727. The van der Waals surface area contributed by atoms with Crippen LogP contribution in [-0.2, 0) is 4.79 Å². The smallest absolute Gasteiger partial charge is 0.238 e. The van der Waals surface area contributed by atoms with Crippen LogP contribution in [0, 0.1) is 0 Å². The molecule has 0 aromatic carbocycles. The molecule has 0 unspecified atom stereocenters. The molecule has 0 fully saturated rings. The molecule has 82 valence electrons. The summed E-state index contributed by atoms with van der Waals surface area (Å²) in [6, 6.07) is 1.17. The van der Waals surface area contributed by atoms with E-state index in [9.17, 15) is 4.79 Å². The summed E-state index contributed by atoms with van der Waals surface area (Å²) in [5.41, 5.74) is 0.612. The first kappa shape index (κ1) is 13.4. The predicted octanol–water partition coefficient (Wildman–Crippen LogP) is 3.07. The summed E-state index contributed by atoms with van der Waals surface area (Å²) in [5, 5.41) is 0. The van der Waals surface area contributed by atoms with Crippen LogP contribution in [0.2, 0.25) is 19.1 Å². The van der Waals surface area contributed by atoms with E-state index < -0.39 is 8.24 Å². The summed E-state index contributed by atoms with van der Waals surface area (Å²) in [6.07, 6.45) is 3.73. The minimum absolute atomic E-state index is 0.0261. The average Bonchev–Trinajstić information content (AvgIpc) is 2.03. The van der Waals surface area contributed by atoms with Crippen molar-refractivity contribution in [2.75, 3.05) is 0 Å². The highest BCUT2D eigenvalue weighted by Gasteiger charge is 2.22. The fourth-order valence-corrected chi connectivity index (χ4v) is 3.38. The van der Waals surface area contributed by atoms with Crippen molar-refractivity contribution in [3.8, 4) is 0 Å². The Hall–Kier alpha value is -0.573. The lowest BCUT2D eigenvalue weighted by Crippen LogP contribution is -2.48. The Morgan fingerprint density at radius 3 is 2.36 bits per heavy atom. The molecule has 14 heavy (non-hydrogen) atoms. The van der Waals surface area contributed by atoms with Crippen LogP contribution < -0.4 is 4.98 Å². The van der Waals surface area contributed by atoms with Crippen LogP contribution in [0.15, 0.2) is 12.2 Å². The van der Waals surface area contributed by atoms with Gasteiger partial charge in [0.15, 0.2) is 8.24 Å². The third-order valence-corrected chi connectivity index (χ3v) is 4.75. The molecule has 0 aromatic rings. The van der Waals surface area contributed by atoms with E-state index in [0.29, 0.717) is 5.57 Å². The van der Waals surface area contributed by atoms with Gasteiger partial charge < -0.3 is 4.98 Å². The molecule has 0 heterocycles. The molecule has 0 aliphatic heterocycles. The van der Waals surface area contributed by atoms with Gasteiger partial charge in [0.05, 0.1) is 0 Å². The van der Waals surface area contributed by atoms with Gasteiger partial charge in [-0.2, -0.15) is 0 Å². The van der Waals surface area contributed by atoms with E-state index in [1.54, 1.807) is 6.92 Å². The lowest BCUT2D eigenvalue weighted by molar-refractivity contribution is -0.116. The number of carbonyl (C=O) groups is 1. The van der Waals surface area contributed by atoms with E-state index in [0.717, 1.165) is 0 Å². The first-order valence-corrected chi connectivity index (χ1v) is 8.58. The molecule has 3 heteroatoms. The van der Waals surface area contributed by atoms with Crippen LogP contribution in [0.5, 0.6) is 0 Å². The zero-order chi connectivity index (χ0) is 11.2. The first-order valence-electron chi connectivity index (χ1n) is 5.37. The van der Waals surface area contributed by atoms with Crippen molar-refractivity contribution in [3.63, 3.8) is 0 Å². The average molecular weight is 213 g/mol. The number of nitrogens with one attached hydrogen (secondary N) is 1. The highest BCUT2D eigenvalue weighted by Crippen LogP contribution is 2.12. The standard InChI is InChI=1S/C11H23NOSi/c1-6-7-8-9-14(4,5)12-11(13)10(2)3/h2,6-9H2,1,3-5H3,(H,12,13). The van der Waals surface area contributed by atoms with E-state index in [2.05, 4.69) is 31.6 Å². The normalized spacial score (nSPS) is 11.1. The van der Waals surface area contributed by atoms with Crippen LogP contribution in [-0.4, -0.2) is 14.1 Å². The Morgan fingerprint density at radius 2 is 1.93 bits per heavy atom. The number of amides is 1. The van der Waals surface area contributed by atoms with E-state index >= 15 is 0 Å². The molecule has 0 radical (unpaired) electrons. The summed E-state index contributed by atoms with van der Waals surface area (Å²) in [7, 11) is -1.53. The molecule has 0 bridgehead atoms. The summed E-state index contributed by atoms with van der Waals surface area (Å²) in [4.78, 5) is 14.5. The maximum absolute atomic E-state index is 11.4. The summed E-state index contributed by atoms with van der Waals surface area (Å²) in [6.45, 7) is 12.0. The summed E-state index contributed by atoms with van der Waals surface area (Å²) >= 11 is 0. The number of hydrogen-bond donors (Lipinski definition) is 1. The van der Waals surface area contributed by atoms with Gasteiger partial charge in [-0.15, -0.1) is 0 Å². The van der Waals surface area contributed by atoms with Gasteiger partial charge in [0, 0.05) is 5.57 Å². The van der Waals surface area contributed by atoms with E-state index in [1.807, 2.05) is 0 Å². The molecular weight excluding hydrogens is 190 g/mol. The summed E-state index contributed by atoms with van der Waals surface area (Å²) < 4.78 is 0. The van der Waals surface area contributed by atoms with E-state index in [1.165, 1.54) is 25.3 Å². The third kappa shape index (κ3) is 5.97. The minimum Gasteiger partial charge on any atom is -0.378 e. The van der Waals surface area contributed by atoms with Crippen molar-refractivity contribution in [1.82, 2.24) is 4.98 Å². The van der Waals surface area contributed by atoms with Gasteiger partial charge >= 0.3 is 0 Å². The van der Waals surface area contributed by atoms with Gasteiger partial charge in [-0.25, -0.2) is 0 Å². The zero-order valence-corrected chi connectivity index (χ0v) is 10.9. The Balaban J connectivity index is 3.93. The topological polar surface area (TPSA) is 29.1 Å². The van der Waals surface area contributed by atoms with Crippen LogP contribution >= 0.6 is 0 Å². The van der Waals surface area contributed by atoms with Crippen molar-refractivity contribution < 1.29 is 4.79 Å². The molecule has 0 saturated carbocycles. The molecular formula is C11H23NOSi. The summed E-state index contributed by atoms with van der Waals surface area (Å²) in [5.74, 6) is 0.0261. The van der Waals surface area contributed by atoms with Crippen molar-refractivity contribution in [3.05, 3.63) is 12.2 Å². The van der Waals surface area contributed by atoms with Crippen LogP contribution in [0.4, 0.5) is 0 Å². The van der Waals surface area contributed by atoms with Crippen molar-refractivity contribution in [2.24, 2.45) is 0 Å². The number of unbranched alkanes of at least 4 members (excludes halogenated alkanes) is 2. The van der Waals surface area contributed by atoms with Gasteiger partial charge in [0.25, 0.3) is 0 Å². The Kier molecular flexibility index (Phi) is 5.77. The number of rotatable bonds is 6. The van der Waals surface area contributed by atoms with E-state index in [4.69, 9.17) is 0 Å². The van der Waals surface area contributed by atoms with Crippen molar-refractivity contribution in [2.45, 2.75) is 52.2 Å². The van der Waals surface area contributed by atoms with Crippen molar-refractivity contribution >= 4 is 14.1 Å². The number of hydrogen-bond acceptors (Lipinski definition) is 1. The fourth-order valence-electron chi connectivity index (χ4n) is 1.29. The lowest BCUT2D eigenvalue weighted by atomic mass is 10.3. The quantitative estimate of drug-likeness (QED) is 0.410. The molecule has 0 rings (SSSR count).